The number of fused-ring (bicyclic) bond motifs is 1. The zero-order valence-electron chi connectivity index (χ0n) is 18.8. The minimum Gasteiger partial charge on any atom is -0.491 e. The van der Waals surface area contributed by atoms with Crippen LogP contribution in [0.3, 0.4) is 0 Å². The van der Waals surface area contributed by atoms with Gasteiger partial charge in [0.05, 0.1) is 12.6 Å². The number of methoxy groups -OCH3 is 1. The van der Waals surface area contributed by atoms with Crippen LogP contribution in [0, 0.1) is 12.8 Å². The second-order valence-electron chi connectivity index (χ2n) is 8.33. The van der Waals surface area contributed by atoms with Crippen LogP contribution in [-0.4, -0.2) is 61.6 Å². The largest absolute Gasteiger partial charge is 0.491 e. The molecule has 168 valence electrons. The maximum atomic E-state index is 13.4. The molecule has 31 heavy (non-hydrogen) atoms. The second kappa shape index (κ2) is 10.8. The molecular weight excluding hydrogens is 412 g/mol. The number of carbonyl (C=O) groups is 2. The van der Waals surface area contributed by atoms with Crippen LogP contribution in [-0.2, 0) is 20.7 Å². The number of thiophene rings is 1. The Morgan fingerprint density at radius 2 is 2.03 bits per heavy atom. The van der Waals surface area contributed by atoms with Gasteiger partial charge in [-0.05, 0) is 47.9 Å². The van der Waals surface area contributed by atoms with Gasteiger partial charge >= 0.3 is 0 Å². The summed E-state index contributed by atoms with van der Waals surface area (Å²) in [5, 5.41) is 2.08. The first-order valence-corrected chi connectivity index (χ1v) is 11.6. The van der Waals surface area contributed by atoms with E-state index in [4.69, 9.17) is 9.47 Å². The molecule has 1 atom stereocenters. The first-order chi connectivity index (χ1) is 14.9. The fourth-order valence-electron chi connectivity index (χ4n) is 3.93. The first kappa shape index (κ1) is 23.3. The van der Waals surface area contributed by atoms with Gasteiger partial charge in [-0.2, -0.15) is 0 Å². The van der Waals surface area contributed by atoms with Crippen molar-refractivity contribution in [3.63, 3.8) is 0 Å². The van der Waals surface area contributed by atoms with Gasteiger partial charge in [-0.1, -0.05) is 32.0 Å². The molecular formula is C24H32N2O4S. The van der Waals surface area contributed by atoms with Gasteiger partial charge in [-0.15, -0.1) is 11.3 Å². The van der Waals surface area contributed by atoms with Gasteiger partial charge in [0.25, 0.3) is 0 Å². The van der Waals surface area contributed by atoms with E-state index in [0.717, 1.165) is 23.3 Å². The maximum absolute atomic E-state index is 13.4. The van der Waals surface area contributed by atoms with Crippen LogP contribution in [0.5, 0.6) is 5.75 Å². The maximum Gasteiger partial charge on any atom is 0.249 e. The molecule has 1 aromatic carbocycles. The highest BCUT2D eigenvalue weighted by atomic mass is 32.1. The van der Waals surface area contributed by atoms with Crippen molar-refractivity contribution in [2.75, 3.05) is 40.0 Å². The summed E-state index contributed by atoms with van der Waals surface area (Å²) in [6.07, 6.45) is 0.829. The molecule has 0 saturated carbocycles. The number of amides is 2. The van der Waals surface area contributed by atoms with Gasteiger partial charge in [0, 0.05) is 25.1 Å². The fraction of sp³-hybridized carbons (Fsp3) is 0.500. The highest BCUT2D eigenvalue weighted by Crippen LogP contribution is 2.34. The zero-order chi connectivity index (χ0) is 22.4. The molecule has 1 aliphatic rings. The number of rotatable bonds is 9. The smallest absolute Gasteiger partial charge is 0.249 e. The van der Waals surface area contributed by atoms with Gasteiger partial charge in [-0.3, -0.25) is 9.59 Å². The summed E-state index contributed by atoms with van der Waals surface area (Å²) >= 11 is 1.73. The van der Waals surface area contributed by atoms with E-state index in [0.29, 0.717) is 19.7 Å². The standard InChI is InChI=1S/C24H32N2O4S/c1-17(2)13-25(24(28)16-29-4)14-23(27)26-11-9-22-19(10-12-31-22)20(26)15-30-21-8-6-5-7-18(21)3/h5-8,10,12,17,20H,9,11,13-16H2,1-4H3. The molecule has 1 aromatic heterocycles. The third-order valence-electron chi connectivity index (χ3n) is 5.44. The van der Waals surface area contributed by atoms with E-state index in [2.05, 4.69) is 11.4 Å². The van der Waals surface area contributed by atoms with Gasteiger partial charge in [-0.25, -0.2) is 0 Å². The number of ether oxygens (including phenoxy) is 2. The Labute approximate surface area is 188 Å². The number of hydrogen-bond donors (Lipinski definition) is 0. The molecule has 1 aliphatic heterocycles. The van der Waals surface area contributed by atoms with E-state index in [1.54, 1.807) is 16.2 Å². The minimum atomic E-state index is -0.166. The second-order valence-corrected chi connectivity index (χ2v) is 9.33. The molecule has 2 heterocycles. The van der Waals surface area contributed by atoms with Crippen molar-refractivity contribution in [3.05, 3.63) is 51.7 Å². The predicted octanol–water partition coefficient (Wildman–Crippen LogP) is 3.69. The summed E-state index contributed by atoms with van der Waals surface area (Å²) in [4.78, 5) is 30.6. The number of para-hydroxylation sites is 1. The Morgan fingerprint density at radius 3 is 2.74 bits per heavy atom. The van der Waals surface area contributed by atoms with Crippen LogP contribution >= 0.6 is 11.3 Å². The molecule has 2 amide bonds. The Bertz CT molecular complexity index is 895. The van der Waals surface area contributed by atoms with E-state index in [1.807, 2.05) is 49.9 Å². The lowest BCUT2D eigenvalue weighted by atomic mass is 10.00. The average molecular weight is 445 g/mol. The quantitative estimate of drug-likeness (QED) is 0.592. The van der Waals surface area contributed by atoms with Crippen molar-refractivity contribution in [1.29, 1.82) is 0 Å². The van der Waals surface area contributed by atoms with Gasteiger partial charge in [0.2, 0.25) is 11.8 Å². The monoisotopic (exact) mass is 444 g/mol. The van der Waals surface area contributed by atoms with Crippen molar-refractivity contribution < 1.29 is 19.1 Å². The van der Waals surface area contributed by atoms with Gasteiger partial charge in [0.15, 0.2) is 0 Å². The van der Waals surface area contributed by atoms with Gasteiger partial charge in [0.1, 0.15) is 19.0 Å². The lowest BCUT2D eigenvalue weighted by Gasteiger charge is -2.37. The lowest BCUT2D eigenvalue weighted by molar-refractivity contribution is -0.145. The Kier molecular flexibility index (Phi) is 8.09. The highest BCUT2D eigenvalue weighted by molar-refractivity contribution is 7.10. The van der Waals surface area contributed by atoms with E-state index in [9.17, 15) is 9.59 Å². The highest BCUT2D eigenvalue weighted by Gasteiger charge is 2.33. The normalized spacial score (nSPS) is 15.6. The number of carbonyl (C=O) groups excluding carboxylic acids is 2. The summed E-state index contributed by atoms with van der Waals surface area (Å²) in [5.41, 5.74) is 2.21. The van der Waals surface area contributed by atoms with E-state index in [-0.39, 0.29) is 36.9 Å². The van der Waals surface area contributed by atoms with Crippen LogP contribution in [0.2, 0.25) is 0 Å². The van der Waals surface area contributed by atoms with Gasteiger partial charge < -0.3 is 19.3 Å². The molecule has 1 unspecified atom stereocenters. The molecule has 0 fully saturated rings. The number of hydrogen-bond acceptors (Lipinski definition) is 5. The topological polar surface area (TPSA) is 59.1 Å². The number of benzene rings is 1. The Balaban J connectivity index is 1.77. The molecule has 3 rings (SSSR count). The SMILES string of the molecule is COCC(=O)N(CC(=O)N1CCc2sccc2C1COc1ccccc1C)CC(C)C. The van der Waals surface area contributed by atoms with E-state index in [1.165, 1.54) is 12.0 Å². The van der Waals surface area contributed by atoms with Crippen molar-refractivity contribution in [2.24, 2.45) is 5.92 Å². The molecule has 0 saturated heterocycles. The molecule has 2 aromatic rings. The number of nitrogens with zero attached hydrogens (tertiary/aromatic N) is 2. The third kappa shape index (κ3) is 5.86. The van der Waals surface area contributed by atoms with Crippen LogP contribution in [0.1, 0.15) is 35.9 Å². The van der Waals surface area contributed by atoms with Crippen molar-refractivity contribution >= 4 is 23.2 Å². The number of aryl methyl sites for hydroxylation is 1. The molecule has 0 N–H and O–H groups in total. The summed E-state index contributed by atoms with van der Waals surface area (Å²) in [5.74, 6) is 0.874. The molecule has 0 spiro atoms. The molecule has 6 nitrogen and oxygen atoms in total. The van der Waals surface area contributed by atoms with Crippen LogP contribution in [0.4, 0.5) is 0 Å². The fourth-order valence-corrected chi connectivity index (χ4v) is 4.85. The summed E-state index contributed by atoms with van der Waals surface area (Å²) < 4.78 is 11.2. The molecule has 0 radical (unpaired) electrons. The van der Waals surface area contributed by atoms with Crippen molar-refractivity contribution in [3.8, 4) is 5.75 Å². The lowest BCUT2D eigenvalue weighted by Crippen LogP contribution is -2.49. The van der Waals surface area contributed by atoms with Crippen molar-refractivity contribution in [1.82, 2.24) is 9.80 Å². The molecule has 0 aliphatic carbocycles. The Morgan fingerprint density at radius 1 is 1.26 bits per heavy atom. The first-order valence-electron chi connectivity index (χ1n) is 10.7. The minimum absolute atomic E-state index is 0.0193. The van der Waals surface area contributed by atoms with E-state index < -0.39 is 0 Å². The van der Waals surface area contributed by atoms with Crippen LogP contribution < -0.4 is 4.74 Å². The average Bonchev–Trinajstić information content (AvgIpc) is 3.21. The van der Waals surface area contributed by atoms with Crippen molar-refractivity contribution in [2.45, 2.75) is 33.2 Å². The van der Waals surface area contributed by atoms with E-state index >= 15 is 0 Å². The van der Waals surface area contributed by atoms with Crippen LogP contribution in [0.25, 0.3) is 0 Å². The predicted molar refractivity (Wildman–Crippen MR) is 122 cm³/mol. The Hall–Kier alpha value is -2.38. The van der Waals surface area contributed by atoms with Crippen LogP contribution in [0.15, 0.2) is 35.7 Å². The zero-order valence-corrected chi connectivity index (χ0v) is 19.6. The molecule has 7 heteroatoms. The third-order valence-corrected chi connectivity index (χ3v) is 6.43. The summed E-state index contributed by atoms with van der Waals surface area (Å²) in [6, 6.07) is 9.82. The molecule has 0 bridgehead atoms. The summed E-state index contributed by atoms with van der Waals surface area (Å²) in [6.45, 7) is 7.66. The summed E-state index contributed by atoms with van der Waals surface area (Å²) in [7, 11) is 1.49.